The summed E-state index contributed by atoms with van der Waals surface area (Å²) >= 11 is 1.50. The molecule has 0 radical (unpaired) electrons. The van der Waals surface area contributed by atoms with Gasteiger partial charge < -0.3 is 84.5 Å². The van der Waals surface area contributed by atoms with Crippen LogP contribution in [0.4, 0.5) is 45.8 Å². The molecule has 3 fully saturated rings. The van der Waals surface area contributed by atoms with Crippen LogP contribution in [0.5, 0.6) is 0 Å². The van der Waals surface area contributed by atoms with E-state index in [2.05, 4.69) is 116 Å². The van der Waals surface area contributed by atoms with Crippen LogP contribution >= 0.6 is 11.3 Å². The van der Waals surface area contributed by atoms with Crippen LogP contribution in [0.1, 0.15) is 13.8 Å². The lowest BCUT2D eigenvalue weighted by atomic mass is 10.1. The highest BCUT2D eigenvalue weighted by atomic mass is 32.1. The lowest BCUT2D eigenvalue weighted by Crippen LogP contribution is -2.49. The zero-order chi connectivity index (χ0) is 103. The van der Waals surface area contributed by atoms with Gasteiger partial charge in [-0.1, -0.05) is 0 Å². The van der Waals surface area contributed by atoms with Gasteiger partial charge in [-0.3, -0.25) is 93.6 Å². The normalized spacial score (nSPS) is 14.1. The number of pyridine rings is 2. The molecule has 3 aliphatic heterocycles. The fourth-order valence-electron chi connectivity index (χ4n) is 16.9. The number of carbonyl (C=O) groups is 5. The second-order valence-corrected chi connectivity index (χ2v) is 35.3. The van der Waals surface area contributed by atoms with Crippen LogP contribution in [0, 0.1) is 0 Å². The Bertz CT molecular complexity index is 8020. The van der Waals surface area contributed by atoms with E-state index in [1.165, 1.54) is 151 Å². The van der Waals surface area contributed by atoms with E-state index < -0.39 is 56.2 Å². The van der Waals surface area contributed by atoms with E-state index in [-0.39, 0.29) is 118 Å². The third-order valence-corrected chi connectivity index (χ3v) is 25.5. The van der Waals surface area contributed by atoms with Crippen LogP contribution in [-0.2, 0) is 127 Å². The molecule has 20 rings (SSSR count). The van der Waals surface area contributed by atoms with E-state index >= 15 is 0 Å². The molecule has 752 valence electrons. The summed E-state index contributed by atoms with van der Waals surface area (Å²) in [6, 6.07) is 30.5. The highest BCUT2D eigenvalue weighted by molar-refractivity contribution is 7.13. The number of rotatable bonds is 20. The van der Waals surface area contributed by atoms with Crippen molar-refractivity contribution < 1.29 is 28.4 Å². The van der Waals surface area contributed by atoms with E-state index in [0.717, 1.165) is 121 Å². The van der Waals surface area contributed by atoms with Crippen molar-refractivity contribution >= 4 is 142 Å². The molecule has 51 nitrogen and oxygen atoms in total. The minimum absolute atomic E-state index is 0.0828. The number of aromatic nitrogens is 24. The van der Waals surface area contributed by atoms with Gasteiger partial charge in [-0.2, -0.15) is 0 Å². The van der Waals surface area contributed by atoms with Crippen molar-refractivity contribution in [2.24, 2.45) is 70.5 Å². The van der Waals surface area contributed by atoms with Gasteiger partial charge in [0, 0.05) is 205 Å². The summed E-state index contributed by atoms with van der Waals surface area (Å²) in [6.07, 6.45) is 15.0. The van der Waals surface area contributed by atoms with Gasteiger partial charge in [0.05, 0.1) is 49.7 Å². The lowest BCUT2D eigenvalue weighted by Gasteiger charge is -2.36. The number of hydrogen-bond acceptors (Lipinski definition) is 32. The number of imidazole rings is 5. The molecular weight excluding hydrogens is 1900 g/mol. The summed E-state index contributed by atoms with van der Waals surface area (Å²) in [5.74, 6) is -0.171. The number of benzene rings is 3. The lowest BCUT2D eigenvalue weighted by molar-refractivity contribution is -0.117. The monoisotopic (exact) mass is 2000 g/mol. The highest BCUT2D eigenvalue weighted by Crippen LogP contribution is 2.27. The summed E-state index contributed by atoms with van der Waals surface area (Å²) in [5.41, 5.74) is 4.34. The molecule has 17 heterocycles. The maximum atomic E-state index is 12.6. The molecule has 17 aromatic rings. The average Bonchev–Trinajstić information content (AvgIpc) is 1.66. The van der Waals surface area contributed by atoms with Crippen molar-refractivity contribution in [1.82, 2.24) is 129 Å². The molecule has 2 atom stereocenters. The quantitative estimate of drug-likeness (QED) is 0.0495. The standard InChI is InChI=1S/2C20H25N7O3.C18H22N8O3.C18H16N6O4.C17H15N7O3S/c2*1-13-10-21-8-9-27(13)15-6-4-14(5-7-15)23-16(28)11-26-12-22-18-17(26)19(29)25(3)20(30)24(18)2;1-23-16-15(17(28)24(2)18(23)29)26(11-21-16)10-14(27)22-13-4-3-12(9-20-13)25-7-5-19-6-8-25;1-22-16-15(17(26)23(2)18(22)27)24(9-20-16)8-14(25)21-12-5-3-11(4-6-12)13-7-19-10-28-13;1-22-14-13(16(26)23(2)17(22)27)24(9-20-14)8-12(25)21-11-4-3-10(7-19-11)15-18-5-6-28-15/h2*4-7,12-13,21H,8-11H2,1-3H3,(H,23,28);3-4,9,11,19H,5-8,10H2,1-2H3,(H,20,22,27);3-7,9-10H,8H2,1-2H3,(H,21,25);3-7,9H,8H2,1-2H3,(H,19,21,25)/t2*13-;;;/m10.../s1. The largest absolute Gasteiger partial charge is 0.444 e. The van der Waals surface area contributed by atoms with Gasteiger partial charge in [-0.05, 0) is 111 Å². The first-order valence-electron chi connectivity index (χ1n) is 45.5. The fraction of sp³-hybridized carbons (Fsp3) is 0.312. The minimum atomic E-state index is -0.505. The zero-order valence-corrected chi connectivity index (χ0v) is 81.7. The molecule has 0 aliphatic carbocycles. The smallest absolute Gasteiger partial charge is 0.332 e. The Morgan fingerprint density at radius 2 is 0.655 bits per heavy atom. The Balaban J connectivity index is 0.000000130. The topological polar surface area (TPSA) is 565 Å². The molecule has 14 aromatic heterocycles. The molecule has 0 bridgehead atoms. The Labute approximate surface area is 823 Å². The number of oxazole rings is 1. The van der Waals surface area contributed by atoms with E-state index in [1.54, 1.807) is 75.3 Å². The first-order chi connectivity index (χ1) is 69.6. The number of thiazole rings is 1. The van der Waals surface area contributed by atoms with Gasteiger partial charge in [-0.15, -0.1) is 11.3 Å². The van der Waals surface area contributed by atoms with Crippen LogP contribution in [0.25, 0.3) is 77.7 Å². The number of amides is 5. The van der Waals surface area contributed by atoms with Crippen LogP contribution in [0.15, 0.2) is 218 Å². The maximum absolute atomic E-state index is 12.6. The molecule has 3 saturated heterocycles. The van der Waals surface area contributed by atoms with Crippen molar-refractivity contribution in [2.75, 3.05) is 107 Å². The molecule has 0 spiro atoms. The van der Waals surface area contributed by atoms with Gasteiger partial charge in [0.1, 0.15) is 49.4 Å². The van der Waals surface area contributed by atoms with E-state index in [1.807, 2.05) is 66.0 Å². The summed E-state index contributed by atoms with van der Waals surface area (Å²) in [7, 11) is 14.6. The number of aryl methyl sites for hydroxylation is 5. The number of nitrogens with one attached hydrogen (secondary N) is 8. The van der Waals surface area contributed by atoms with Gasteiger partial charge in [0.2, 0.25) is 29.5 Å². The molecule has 52 heteroatoms. The second-order valence-electron chi connectivity index (χ2n) is 34.4. The van der Waals surface area contributed by atoms with Gasteiger partial charge in [0.25, 0.3) is 27.8 Å². The van der Waals surface area contributed by atoms with E-state index in [4.69, 9.17) is 4.42 Å². The number of anilines is 8. The van der Waals surface area contributed by atoms with Gasteiger partial charge >= 0.3 is 28.4 Å². The minimum Gasteiger partial charge on any atom is -0.444 e. The SMILES string of the molecule is C[C@@H]1CNCCN1c1ccc(NC(=O)Cn2cnc3c2c(=O)n(C)c(=O)n3C)cc1.C[C@H]1CNCCN1c1ccc(NC(=O)Cn2cnc3c2c(=O)n(C)c(=O)n3C)cc1.Cn1c(=O)c2c(ncn2CC(=O)Nc2ccc(-c3cnco3)cc2)n(C)c1=O.Cn1c(=O)c2c(ncn2CC(=O)Nc2ccc(-c3nccs3)cn2)n(C)c1=O.Cn1c(=O)c2c(ncn2CC(=O)Nc2ccc(N3CCNCC3)cn2)n(C)c1=O. The zero-order valence-electron chi connectivity index (χ0n) is 80.9. The molecular formula is C93H103N35O16S. The molecule has 8 N–H and O–H groups in total. The summed E-state index contributed by atoms with van der Waals surface area (Å²) < 4.78 is 23.8. The summed E-state index contributed by atoms with van der Waals surface area (Å²) in [6.45, 7) is 13.2. The molecule has 0 saturated carbocycles. The van der Waals surface area contributed by atoms with Crippen molar-refractivity contribution in [3.63, 3.8) is 0 Å². The predicted molar refractivity (Wildman–Crippen MR) is 543 cm³/mol. The summed E-state index contributed by atoms with van der Waals surface area (Å²) in [4.78, 5) is 229. The second kappa shape index (κ2) is 43.1. The molecule has 5 amide bonds. The van der Waals surface area contributed by atoms with Crippen molar-refractivity contribution in [1.29, 1.82) is 0 Å². The first-order valence-corrected chi connectivity index (χ1v) is 46.4. The number of fused-ring (bicyclic) bond motifs is 5. The van der Waals surface area contributed by atoms with Crippen LogP contribution in [0.2, 0.25) is 0 Å². The predicted octanol–water partition coefficient (Wildman–Crippen LogP) is -0.0637. The summed E-state index contributed by atoms with van der Waals surface area (Å²) in [5, 5.41) is 26.6. The van der Waals surface area contributed by atoms with Crippen LogP contribution in [0.3, 0.4) is 0 Å². The van der Waals surface area contributed by atoms with E-state index in [0.29, 0.717) is 46.5 Å². The fourth-order valence-corrected chi connectivity index (χ4v) is 17.5. The Morgan fingerprint density at radius 1 is 0.345 bits per heavy atom. The molecule has 3 aliphatic rings. The van der Waals surface area contributed by atoms with Crippen molar-refractivity contribution in [3.8, 4) is 21.9 Å². The van der Waals surface area contributed by atoms with Gasteiger partial charge in [-0.25, -0.2) is 68.8 Å². The first kappa shape index (κ1) is 100. The Morgan fingerprint density at radius 3 is 0.952 bits per heavy atom. The highest BCUT2D eigenvalue weighted by Gasteiger charge is 2.27. The number of carbonyl (C=O) groups excluding carboxylic acids is 5. The average molecular weight is 2000 g/mol. The van der Waals surface area contributed by atoms with Crippen molar-refractivity contribution in [3.05, 3.63) is 269 Å². The van der Waals surface area contributed by atoms with Crippen molar-refractivity contribution in [2.45, 2.75) is 58.7 Å². The Hall–Kier alpha value is -17.8. The number of hydrogen-bond donors (Lipinski definition) is 8. The van der Waals surface area contributed by atoms with Crippen LogP contribution in [-0.4, -0.2) is 220 Å². The number of piperazine rings is 3. The molecule has 3 aromatic carbocycles. The van der Waals surface area contributed by atoms with E-state index in [9.17, 15) is 71.9 Å². The van der Waals surface area contributed by atoms with Gasteiger partial charge in [0.15, 0.2) is 68.0 Å². The molecule has 145 heavy (non-hydrogen) atoms. The van der Waals surface area contributed by atoms with Crippen LogP contribution < -0.4 is 113 Å². The third kappa shape index (κ3) is 21.5. The maximum Gasteiger partial charge on any atom is 0.332 e. The third-order valence-electron chi connectivity index (χ3n) is 24.7. The molecule has 0 unspecified atom stereocenters. The number of nitrogens with zero attached hydrogens (tertiary/aromatic N) is 27. The Kier molecular flexibility index (Phi) is 29.8.